The molecule has 0 aliphatic heterocycles. The summed E-state index contributed by atoms with van der Waals surface area (Å²) < 4.78 is 1.82. The molecule has 0 spiro atoms. The molecular formula is C32H42Cl4I7N8O2V2. The molecule has 10 nitrogen and oxygen atoms in total. The molecule has 55 heavy (non-hydrogen) atoms. The van der Waals surface area contributed by atoms with Gasteiger partial charge in [0.05, 0.1) is 47.5 Å². The Balaban J connectivity index is -0.000000301. The van der Waals surface area contributed by atoms with Crippen LogP contribution in [0.3, 0.4) is 0 Å². The van der Waals surface area contributed by atoms with Gasteiger partial charge in [0.25, 0.3) is 0 Å². The molecule has 2 amide bonds. The summed E-state index contributed by atoms with van der Waals surface area (Å²) in [5, 5.41) is 7.35. The Kier molecular flexibility index (Phi) is 41.0. The molecule has 4 aromatic rings. The van der Waals surface area contributed by atoms with Gasteiger partial charge in [0.15, 0.2) is 0 Å². The van der Waals surface area contributed by atoms with E-state index in [0.29, 0.717) is 52.8 Å². The van der Waals surface area contributed by atoms with Gasteiger partial charge in [-0.3, -0.25) is 9.59 Å². The number of amides is 2. The molecule has 0 bridgehead atoms. The van der Waals surface area contributed by atoms with Crippen molar-refractivity contribution in [3.05, 3.63) is 88.9 Å². The van der Waals surface area contributed by atoms with Gasteiger partial charge < -0.3 is 22.1 Å². The van der Waals surface area contributed by atoms with E-state index in [1.807, 2.05) is 41.5 Å². The SMILES string of the molecule is C.C.CC(C)(C)C(=O)Nc1ccc(Cl)nc1.CC(C)(C)C(=O)Nc1cnc(Cl)cc1I.Nc1ccc(Cl)nc1.Nc1cnc(Cl)cc1I.[I][V]([I])[I].[I][V][I]. The second-order valence-corrected chi connectivity index (χ2v) is 62.5. The molecule has 0 radical (unpaired) electrons. The van der Waals surface area contributed by atoms with Crippen LogP contribution < -0.4 is 22.1 Å². The summed E-state index contributed by atoms with van der Waals surface area (Å²) in [7, 11) is 0.628. The number of nitrogens with two attached hydrogens (primary N) is 2. The van der Waals surface area contributed by atoms with E-state index in [4.69, 9.17) is 57.9 Å². The van der Waals surface area contributed by atoms with Crippen molar-refractivity contribution in [3.63, 3.8) is 0 Å². The first-order valence-electron chi connectivity index (χ1n) is 14.0. The van der Waals surface area contributed by atoms with Gasteiger partial charge in [0, 0.05) is 18.0 Å². The predicted octanol–water partition coefficient (Wildman–Crippen LogP) is 15.0. The first-order chi connectivity index (χ1) is 24.3. The minimum absolute atomic E-state index is 0. The van der Waals surface area contributed by atoms with Crippen LogP contribution >= 0.6 is 191 Å². The van der Waals surface area contributed by atoms with Gasteiger partial charge in [0.2, 0.25) is 11.8 Å². The maximum atomic E-state index is 11.7. The summed E-state index contributed by atoms with van der Waals surface area (Å²) >= 11 is 38.7. The summed E-state index contributed by atoms with van der Waals surface area (Å²) in [5.74, 6) is -0.0776. The standard InChI is InChI=1S/C10H12ClIN2O.C10H13ClN2O.C5H4ClIN2.C5H5ClN2.2CH4.5HI.2V/c1-10(2,3)9(15)14-7-5-13-8(11)4-6(7)12;1-10(2,3)9(14)13-7-4-5-8(11)12-6-7;6-5-1-3(7)4(8)2-9-5;6-5-2-1-4(7)3-8-5;;;;;;;;;/h4-5H,1-3H3,(H,14,15);4-6H,1-3H3,(H,13,14);1-2H,8H2;1-3H,7H2;2*1H4;5*1H;;/q;;;;;;;;;;;+2;+3/p-5. The third-order valence-electron chi connectivity index (χ3n) is 5.01. The Hall–Kier alpha value is 2.58. The number of nitrogen functional groups attached to an aromatic ring is 2. The average Bonchev–Trinajstić information content (AvgIpc) is 3.03. The summed E-state index contributed by atoms with van der Waals surface area (Å²) in [4.78, 5) is 38.2. The van der Waals surface area contributed by atoms with Crippen LogP contribution in [-0.4, -0.2) is 31.8 Å². The minimum atomic E-state index is -0.414. The number of aromatic nitrogens is 4. The molecule has 0 atom stereocenters. The molecule has 0 aliphatic carbocycles. The van der Waals surface area contributed by atoms with Crippen molar-refractivity contribution in [2.24, 2.45) is 10.8 Å². The van der Waals surface area contributed by atoms with Gasteiger partial charge in [0.1, 0.15) is 20.6 Å². The fraction of sp³-hybridized carbons (Fsp3) is 0.312. The Labute approximate surface area is 440 Å². The van der Waals surface area contributed by atoms with Crippen LogP contribution in [0.25, 0.3) is 0 Å². The first kappa shape index (κ1) is 64.2. The second-order valence-electron chi connectivity index (χ2n) is 11.5. The van der Waals surface area contributed by atoms with E-state index >= 15 is 0 Å². The quantitative estimate of drug-likeness (QED) is 0.114. The number of nitrogens with zero attached hydrogens (tertiary/aromatic N) is 4. The molecule has 0 aromatic carbocycles. The van der Waals surface area contributed by atoms with Gasteiger partial charge in [-0.25, -0.2) is 19.9 Å². The Bertz CT molecular complexity index is 1650. The van der Waals surface area contributed by atoms with Crippen molar-refractivity contribution >= 4 is 226 Å². The van der Waals surface area contributed by atoms with Crippen molar-refractivity contribution in [3.8, 4) is 0 Å². The maximum absolute atomic E-state index is 11.7. The van der Waals surface area contributed by atoms with Gasteiger partial charge >= 0.3 is 114 Å². The molecule has 4 aromatic heterocycles. The zero-order valence-electron chi connectivity index (χ0n) is 28.6. The third kappa shape index (κ3) is 35.8. The third-order valence-corrected chi connectivity index (χ3v) is 7.70. The summed E-state index contributed by atoms with van der Waals surface area (Å²) in [6.07, 6.45) is 6.16. The van der Waals surface area contributed by atoms with E-state index in [9.17, 15) is 9.59 Å². The second kappa shape index (κ2) is 35.1. The van der Waals surface area contributed by atoms with E-state index in [1.165, 1.54) is 12.4 Å². The number of carbonyl (C=O) groups is 2. The van der Waals surface area contributed by atoms with Crippen molar-refractivity contribution in [2.75, 3.05) is 22.1 Å². The number of carbonyl (C=O) groups excluding carboxylic acids is 2. The van der Waals surface area contributed by atoms with Crippen LogP contribution in [0.2, 0.25) is 20.6 Å². The normalized spacial score (nSPS) is 9.71. The van der Waals surface area contributed by atoms with Crippen molar-refractivity contribution in [2.45, 2.75) is 56.4 Å². The molecule has 4 rings (SSSR count). The molecule has 0 aliphatic rings. The zero-order chi connectivity index (χ0) is 41.5. The Morgan fingerprint density at radius 1 is 0.655 bits per heavy atom. The van der Waals surface area contributed by atoms with E-state index in [2.05, 4.69) is 176 Å². The molecule has 0 unspecified atom stereocenters. The molecule has 6 N–H and O–H groups in total. The van der Waals surface area contributed by atoms with Gasteiger partial charge in [-0.1, -0.05) is 103 Å². The average molecular weight is 1700 g/mol. The fourth-order valence-corrected chi connectivity index (χ4v) is 4.29. The van der Waals surface area contributed by atoms with Crippen molar-refractivity contribution < 1.29 is 24.0 Å². The van der Waals surface area contributed by atoms with E-state index < -0.39 is 10.8 Å². The summed E-state index contributed by atoms with van der Waals surface area (Å²) in [6, 6.07) is 10.1. The number of pyridine rings is 4. The first-order valence-corrected chi connectivity index (χ1v) is 40.2. The van der Waals surface area contributed by atoms with Gasteiger partial charge in [-0.2, -0.15) is 0 Å². The van der Waals surface area contributed by atoms with Crippen LogP contribution in [0.15, 0.2) is 61.2 Å². The summed E-state index contributed by atoms with van der Waals surface area (Å²) in [5.41, 5.74) is 12.6. The molecule has 23 heteroatoms. The molecule has 4 heterocycles. The van der Waals surface area contributed by atoms with Gasteiger partial charge in [-0.05, 0) is 81.6 Å². The van der Waals surface area contributed by atoms with Crippen LogP contribution in [0, 0.1) is 18.0 Å². The number of halogens is 11. The number of hydrogen-bond donors (Lipinski definition) is 4. The fourth-order valence-electron chi connectivity index (χ4n) is 2.38. The Morgan fingerprint density at radius 3 is 1.36 bits per heavy atom. The molecule has 0 saturated heterocycles. The van der Waals surface area contributed by atoms with Crippen LogP contribution in [0.4, 0.5) is 22.7 Å². The number of hydrogen-bond acceptors (Lipinski definition) is 8. The van der Waals surface area contributed by atoms with Crippen molar-refractivity contribution in [1.82, 2.24) is 19.9 Å². The topological polar surface area (TPSA) is 162 Å². The molecular weight excluding hydrogens is 1660 g/mol. The van der Waals surface area contributed by atoms with Crippen LogP contribution in [0.5, 0.6) is 0 Å². The van der Waals surface area contributed by atoms with Crippen LogP contribution in [0.1, 0.15) is 56.4 Å². The monoisotopic (exact) mass is 1700 g/mol. The molecule has 309 valence electrons. The number of rotatable bonds is 2. The number of anilines is 4. The van der Waals surface area contributed by atoms with Crippen molar-refractivity contribution in [1.29, 1.82) is 0 Å². The van der Waals surface area contributed by atoms with E-state index in [1.54, 1.807) is 48.8 Å². The number of nitrogens with one attached hydrogen (secondary N) is 2. The van der Waals surface area contributed by atoms with E-state index in [-0.39, 0.29) is 31.6 Å². The Morgan fingerprint density at radius 2 is 1.04 bits per heavy atom. The van der Waals surface area contributed by atoms with Gasteiger partial charge in [-0.15, -0.1) is 0 Å². The molecule has 0 fully saturated rings. The van der Waals surface area contributed by atoms with E-state index in [0.717, 1.165) is 7.14 Å². The van der Waals surface area contributed by atoms with Crippen LogP contribution in [-0.2, 0) is 24.0 Å². The summed E-state index contributed by atoms with van der Waals surface area (Å²) in [6.45, 7) is 11.1. The zero-order valence-corrected chi connectivity index (χ0v) is 49.5. The predicted molar refractivity (Wildman–Crippen MR) is 291 cm³/mol. The molecule has 0 saturated carbocycles.